The number of benzene rings is 2. The molecule has 4 nitrogen and oxygen atoms in total. The maximum Gasteiger partial charge on any atom is 0.308 e. The highest BCUT2D eigenvalue weighted by molar-refractivity contribution is 7.92. The van der Waals surface area contributed by atoms with Gasteiger partial charge >= 0.3 is 5.97 Å². The lowest BCUT2D eigenvalue weighted by Crippen LogP contribution is -2.13. The smallest absolute Gasteiger partial charge is 0.308 e. The summed E-state index contributed by atoms with van der Waals surface area (Å²) in [5.74, 6) is -2.61. The van der Waals surface area contributed by atoms with Gasteiger partial charge in [-0.3, -0.25) is 4.79 Å². The quantitative estimate of drug-likeness (QED) is 0.931. The molecule has 1 N–H and O–H groups in total. The fourth-order valence-corrected chi connectivity index (χ4v) is 5.18. The second kappa shape index (κ2) is 5.41. The fourth-order valence-electron chi connectivity index (χ4n) is 2.84. The van der Waals surface area contributed by atoms with Crippen LogP contribution in [0.15, 0.2) is 59.5 Å². The van der Waals surface area contributed by atoms with Gasteiger partial charge in [0.05, 0.1) is 16.1 Å². The van der Waals surface area contributed by atoms with E-state index >= 15 is 0 Å². The zero-order valence-electron chi connectivity index (χ0n) is 11.4. The topological polar surface area (TPSA) is 71.4 Å². The lowest BCUT2D eigenvalue weighted by molar-refractivity contribution is -0.138. The van der Waals surface area contributed by atoms with Crippen LogP contribution in [0.3, 0.4) is 0 Å². The van der Waals surface area contributed by atoms with E-state index in [-0.39, 0.29) is 4.90 Å². The van der Waals surface area contributed by atoms with Crippen molar-refractivity contribution in [3.8, 4) is 0 Å². The number of rotatable bonds is 4. The maximum absolute atomic E-state index is 12.7. The molecule has 114 valence electrons. The van der Waals surface area contributed by atoms with Gasteiger partial charge in [0.1, 0.15) is 0 Å². The van der Waals surface area contributed by atoms with Crippen LogP contribution in [0.4, 0.5) is 0 Å². The number of halogens is 1. The molecule has 0 spiro atoms. The molecular weight excluding hydrogens is 324 g/mol. The Morgan fingerprint density at radius 2 is 1.73 bits per heavy atom. The van der Waals surface area contributed by atoms with E-state index in [9.17, 15) is 18.3 Å². The minimum Gasteiger partial charge on any atom is -0.481 e. The van der Waals surface area contributed by atoms with E-state index in [4.69, 9.17) is 11.6 Å². The summed E-state index contributed by atoms with van der Waals surface area (Å²) in [4.78, 5) is 11.6. The van der Waals surface area contributed by atoms with Crippen LogP contribution in [0.1, 0.15) is 11.5 Å². The highest BCUT2D eigenvalue weighted by atomic mass is 35.5. The summed E-state index contributed by atoms with van der Waals surface area (Å²) >= 11 is 5.93. The molecule has 6 heteroatoms. The molecule has 2 aromatic rings. The average Bonchev–Trinajstić information content (AvgIpc) is 3.25. The molecule has 1 aliphatic rings. The molecule has 0 unspecified atom stereocenters. The third-order valence-electron chi connectivity index (χ3n) is 3.90. The molecule has 22 heavy (non-hydrogen) atoms. The SMILES string of the molecule is O=C(O)[C@H]1[C@@H](c2cccc(Cl)c2)[C@@H]1S(=O)(=O)c1ccccc1. The van der Waals surface area contributed by atoms with Crippen LogP contribution >= 0.6 is 11.6 Å². The first-order chi connectivity index (χ1) is 10.4. The van der Waals surface area contributed by atoms with Crippen molar-refractivity contribution in [3.05, 3.63) is 65.2 Å². The Kier molecular flexibility index (Phi) is 3.70. The largest absolute Gasteiger partial charge is 0.481 e. The number of aliphatic carboxylic acids is 1. The molecule has 1 aliphatic carbocycles. The first-order valence-corrected chi connectivity index (χ1v) is 8.62. The van der Waals surface area contributed by atoms with Crippen molar-refractivity contribution >= 4 is 27.4 Å². The molecule has 0 aliphatic heterocycles. The van der Waals surface area contributed by atoms with Gasteiger partial charge in [0.25, 0.3) is 0 Å². The third kappa shape index (κ3) is 2.51. The standard InChI is InChI=1S/C16H13ClO4S/c17-11-6-4-5-10(9-11)13-14(16(18)19)15(13)22(20,21)12-7-2-1-3-8-12/h1-9,13-15H,(H,18,19)/t13-,14+,15+/m1/s1. The Balaban J connectivity index is 2.01. The molecule has 0 heterocycles. The number of sulfone groups is 1. The molecule has 0 radical (unpaired) electrons. The normalized spacial score (nSPS) is 24.0. The van der Waals surface area contributed by atoms with Gasteiger partial charge in [-0.1, -0.05) is 41.9 Å². The summed E-state index contributed by atoms with van der Waals surface area (Å²) in [5.41, 5.74) is 0.643. The number of hydrogen-bond acceptors (Lipinski definition) is 3. The van der Waals surface area contributed by atoms with E-state index in [1.54, 1.807) is 42.5 Å². The Hall–Kier alpha value is -1.85. The minimum absolute atomic E-state index is 0.149. The highest BCUT2D eigenvalue weighted by Gasteiger charge is 2.63. The second-order valence-electron chi connectivity index (χ2n) is 5.27. The van der Waals surface area contributed by atoms with Gasteiger partial charge in [-0.05, 0) is 29.8 Å². The number of carboxylic acid groups (broad SMARTS) is 1. The van der Waals surface area contributed by atoms with E-state index in [1.165, 1.54) is 12.1 Å². The number of carboxylic acids is 1. The maximum atomic E-state index is 12.7. The molecule has 0 bridgehead atoms. The molecule has 1 fully saturated rings. The highest BCUT2D eigenvalue weighted by Crippen LogP contribution is 2.54. The molecular formula is C16H13ClO4S. The van der Waals surface area contributed by atoms with E-state index in [0.29, 0.717) is 10.6 Å². The Labute approximate surface area is 133 Å². The first-order valence-electron chi connectivity index (χ1n) is 6.70. The number of hydrogen-bond donors (Lipinski definition) is 1. The second-order valence-corrected chi connectivity index (χ2v) is 7.81. The molecule has 0 aromatic heterocycles. The molecule has 3 rings (SSSR count). The third-order valence-corrected chi connectivity index (χ3v) is 6.37. The molecule has 2 aromatic carbocycles. The van der Waals surface area contributed by atoms with Gasteiger partial charge in [-0.25, -0.2) is 8.42 Å². The van der Waals surface area contributed by atoms with Gasteiger partial charge in [0.15, 0.2) is 9.84 Å². The van der Waals surface area contributed by atoms with Crippen molar-refractivity contribution in [2.24, 2.45) is 5.92 Å². The van der Waals surface area contributed by atoms with Crippen LogP contribution in [0, 0.1) is 5.92 Å². The van der Waals surface area contributed by atoms with Crippen molar-refractivity contribution in [3.63, 3.8) is 0 Å². The van der Waals surface area contributed by atoms with Crippen LogP contribution in [0.2, 0.25) is 5.02 Å². The van der Waals surface area contributed by atoms with Gasteiger partial charge in [-0.15, -0.1) is 0 Å². The summed E-state index contributed by atoms with van der Waals surface area (Å²) < 4.78 is 25.4. The van der Waals surface area contributed by atoms with E-state index in [1.807, 2.05) is 0 Å². The van der Waals surface area contributed by atoms with Crippen LogP contribution in [0.25, 0.3) is 0 Å². The van der Waals surface area contributed by atoms with Gasteiger partial charge in [0, 0.05) is 10.9 Å². The molecule has 0 saturated heterocycles. The number of carbonyl (C=O) groups is 1. The summed E-state index contributed by atoms with van der Waals surface area (Å²) in [6, 6.07) is 14.7. The first kappa shape index (κ1) is 15.1. The van der Waals surface area contributed by atoms with Crippen molar-refractivity contribution in [2.45, 2.75) is 16.1 Å². The molecule has 1 saturated carbocycles. The predicted octanol–water partition coefficient (Wildman–Crippen LogP) is 2.98. The lowest BCUT2D eigenvalue weighted by atomic mass is 10.1. The average molecular weight is 337 g/mol. The van der Waals surface area contributed by atoms with Crippen molar-refractivity contribution in [1.29, 1.82) is 0 Å². The predicted molar refractivity (Wildman–Crippen MR) is 82.7 cm³/mol. The van der Waals surface area contributed by atoms with Crippen molar-refractivity contribution in [2.75, 3.05) is 0 Å². The van der Waals surface area contributed by atoms with Crippen molar-refractivity contribution < 1.29 is 18.3 Å². The molecule has 3 atom stereocenters. The van der Waals surface area contributed by atoms with Crippen LogP contribution < -0.4 is 0 Å². The van der Waals surface area contributed by atoms with Crippen LogP contribution in [-0.4, -0.2) is 24.7 Å². The summed E-state index contributed by atoms with van der Waals surface area (Å²) in [5, 5.41) is 8.85. The summed E-state index contributed by atoms with van der Waals surface area (Å²) in [6.45, 7) is 0. The summed E-state index contributed by atoms with van der Waals surface area (Å²) in [6.07, 6.45) is 0. The van der Waals surface area contributed by atoms with Crippen molar-refractivity contribution in [1.82, 2.24) is 0 Å². The van der Waals surface area contributed by atoms with Gasteiger partial charge in [0.2, 0.25) is 0 Å². The minimum atomic E-state index is -3.69. The van der Waals surface area contributed by atoms with Crippen LogP contribution in [-0.2, 0) is 14.6 Å². The van der Waals surface area contributed by atoms with Crippen LogP contribution in [0.5, 0.6) is 0 Å². The summed E-state index contributed by atoms with van der Waals surface area (Å²) in [7, 11) is -3.69. The Morgan fingerprint density at radius 1 is 1.05 bits per heavy atom. The lowest BCUT2D eigenvalue weighted by Gasteiger charge is -2.04. The Morgan fingerprint density at radius 3 is 2.32 bits per heavy atom. The molecule has 0 amide bonds. The van der Waals surface area contributed by atoms with E-state index < -0.39 is 32.9 Å². The van der Waals surface area contributed by atoms with E-state index in [2.05, 4.69) is 0 Å². The van der Waals surface area contributed by atoms with Gasteiger partial charge < -0.3 is 5.11 Å². The zero-order valence-corrected chi connectivity index (χ0v) is 13.0. The monoisotopic (exact) mass is 336 g/mol. The fraction of sp³-hybridized carbons (Fsp3) is 0.188. The zero-order chi connectivity index (χ0) is 15.9. The Bertz CT molecular complexity index is 817. The van der Waals surface area contributed by atoms with E-state index in [0.717, 1.165) is 0 Å². The van der Waals surface area contributed by atoms with Gasteiger partial charge in [-0.2, -0.15) is 0 Å².